The lowest BCUT2D eigenvalue weighted by molar-refractivity contribution is 0.0800. The SMILES string of the molecule is CN(C)C1(CNC(=O)c2cc(O)ccc2N)CCCCC1.Cl. The lowest BCUT2D eigenvalue weighted by Crippen LogP contribution is -2.53. The van der Waals surface area contributed by atoms with Crippen LogP contribution in [0.2, 0.25) is 0 Å². The van der Waals surface area contributed by atoms with Crippen LogP contribution in [0.1, 0.15) is 42.5 Å². The van der Waals surface area contributed by atoms with Crippen LogP contribution in [0.25, 0.3) is 0 Å². The zero-order valence-corrected chi connectivity index (χ0v) is 14.1. The number of aromatic hydroxyl groups is 1. The van der Waals surface area contributed by atoms with Gasteiger partial charge in [-0.15, -0.1) is 12.4 Å². The summed E-state index contributed by atoms with van der Waals surface area (Å²) >= 11 is 0. The summed E-state index contributed by atoms with van der Waals surface area (Å²) in [4.78, 5) is 14.5. The Morgan fingerprint density at radius 2 is 1.95 bits per heavy atom. The average Bonchev–Trinajstić information content (AvgIpc) is 2.48. The maximum atomic E-state index is 12.3. The van der Waals surface area contributed by atoms with Crippen molar-refractivity contribution in [3.63, 3.8) is 0 Å². The molecule has 1 aromatic rings. The van der Waals surface area contributed by atoms with Crippen LogP contribution in [0.15, 0.2) is 18.2 Å². The van der Waals surface area contributed by atoms with E-state index in [9.17, 15) is 9.90 Å². The molecule has 1 amide bonds. The number of likely N-dealkylation sites (N-methyl/N-ethyl adjacent to an activating group) is 1. The van der Waals surface area contributed by atoms with E-state index in [0.29, 0.717) is 17.8 Å². The van der Waals surface area contributed by atoms with Gasteiger partial charge in [-0.25, -0.2) is 0 Å². The van der Waals surface area contributed by atoms with Crippen molar-refractivity contribution >= 4 is 24.0 Å². The molecule has 0 atom stereocenters. The Hall–Kier alpha value is -1.46. The number of phenolic OH excluding ortho intramolecular Hbond substituents is 1. The number of halogens is 1. The van der Waals surface area contributed by atoms with Gasteiger partial charge in [0.2, 0.25) is 0 Å². The summed E-state index contributed by atoms with van der Waals surface area (Å²) in [5.74, 6) is -0.176. The van der Waals surface area contributed by atoms with Crippen molar-refractivity contribution in [2.45, 2.75) is 37.6 Å². The van der Waals surface area contributed by atoms with Crippen LogP contribution in [0.4, 0.5) is 5.69 Å². The fourth-order valence-corrected chi connectivity index (χ4v) is 3.07. The van der Waals surface area contributed by atoms with Gasteiger partial charge in [-0.05, 0) is 45.1 Å². The molecular formula is C16H26ClN3O2. The highest BCUT2D eigenvalue weighted by Gasteiger charge is 2.34. The van der Waals surface area contributed by atoms with Crippen molar-refractivity contribution in [1.29, 1.82) is 0 Å². The predicted octanol–water partition coefficient (Wildman–Crippen LogP) is 2.39. The number of rotatable bonds is 4. The maximum Gasteiger partial charge on any atom is 0.253 e. The number of nitrogens with two attached hydrogens (primary N) is 1. The third-order valence-electron chi connectivity index (χ3n) is 4.59. The van der Waals surface area contributed by atoms with E-state index in [2.05, 4.69) is 24.3 Å². The normalized spacial score (nSPS) is 16.9. The van der Waals surface area contributed by atoms with Gasteiger partial charge in [-0.2, -0.15) is 0 Å². The van der Waals surface area contributed by atoms with Crippen LogP contribution in [0.3, 0.4) is 0 Å². The zero-order chi connectivity index (χ0) is 15.5. The van der Waals surface area contributed by atoms with E-state index in [1.807, 2.05) is 0 Å². The number of carbonyl (C=O) groups is 1. The second-order valence-electron chi connectivity index (χ2n) is 6.13. The molecule has 1 aliphatic carbocycles. The van der Waals surface area contributed by atoms with Crippen molar-refractivity contribution < 1.29 is 9.90 Å². The van der Waals surface area contributed by atoms with E-state index in [4.69, 9.17) is 5.73 Å². The summed E-state index contributed by atoms with van der Waals surface area (Å²) in [6.45, 7) is 0.605. The van der Waals surface area contributed by atoms with Gasteiger partial charge in [0, 0.05) is 17.8 Å². The minimum absolute atomic E-state index is 0. The van der Waals surface area contributed by atoms with Crippen molar-refractivity contribution in [1.82, 2.24) is 10.2 Å². The van der Waals surface area contributed by atoms with Crippen molar-refractivity contribution in [3.05, 3.63) is 23.8 Å². The molecule has 1 aliphatic rings. The van der Waals surface area contributed by atoms with Crippen LogP contribution < -0.4 is 11.1 Å². The Kier molecular flexibility index (Phi) is 6.50. The number of phenols is 1. The van der Waals surface area contributed by atoms with Gasteiger partial charge < -0.3 is 21.1 Å². The van der Waals surface area contributed by atoms with Gasteiger partial charge in [0.05, 0.1) is 5.56 Å². The van der Waals surface area contributed by atoms with E-state index >= 15 is 0 Å². The third kappa shape index (κ3) is 4.05. The number of hydrogen-bond donors (Lipinski definition) is 3. The molecule has 1 fully saturated rings. The minimum Gasteiger partial charge on any atom is -0.508 e. The van der Waals surface area contributed by atoms with Crippen LogP contribution in [0, 0.1) is 0 Å². The molecule has 0 spiro atoms. The predicted molar refractivity (Wildman–Crippen MR) is 91.6 cm³/mol. The summed E-state index contributed by atoms with van der Waals surface area (Å²) in [5.41, 5.74) is 6.55. The fraction of sp³-hybridized carbons (Fsp3) is 0.562. The molecule has 0 heterocycles. The number of carbonyl (C=O) groups excluding carboxylic acids is 1. The van der Waals surface area contributed by atoms with Gasteiger partial charge >= 0.3 is 0 Å². The van der Waals surface area contributed by atoms with Crippen LogP contribution in [0.5, 0.6) is 5.75 Å². The second-order valence-corrected chi connectivity index (χ2v) is 6.13. The van der Waals surface area contributed by atoms with Gasteiger partial charge in [0.1, 0.15) is 5.75 Å². The van der Waals surface area contributed by atoms with E-state index in [0.717, 1.165) is 12.8 Å². The van der Waals surface area contributed by atoms with E-state index < -0.39 is 0 Å². The largest absolute Gasteiger partial charge is 0.508 e. The highest BCUT2D eigenvalue weighted by Crippen LogP contribution is 2.31. The molecule has 22 heavy (non-hydrogen) atoms. The number of amides is 1. The highest BCUT2D eigenvalue weighted by molar-refractivity contribution is 5.99. The van der Waals surface area contributed by atoms with Crippen LogP contribution in [-0.4, -0.2) is 42.1 Å². The molecule has 0 unspecified atom stereocenters. The summed E-state index contributed by atoms with van der Waals surface area (Å²) < 4.78 is 0. The first kappa shape index (κ1) is 18.6. The topological polar surface area (TPSA) is 78.6 Å². The number of anilines is 1. The first-order valence-electron chi connectivity index (χ1n) is 7.49. The summed E-state index contributed by atoms with van der Waals surface area (Å²) in [6.07, 6.45) is 5.85. The summed E-state index contributed by atoms with van der Waals surface area (Å²) in [7, 11) is 4.14. The van der Waals surface area contributed by atoms with Crippen molar-refractivity contribution in [3.8, 4) is 5.75 Å². The number of hydrogen-bond acceptors (Lipinski definition) is 4. The molecule has 0 bridgehead atoms. The first-order valence-corrected chi connectivity index (χ1v) is 7.49. The Bertz CT molecular complexity index is 514. The highest BCUT2D eigenvalue weighted by atomic mass is 35.5. The molecule has 0 saturated heterocycles. The average molecular weight is 328 g/mol. The molecule has 0 radical (unpaired) electrons. The first-order chi connectivity index (χ1) is 9.94. The molecule has 124 valence electrons. The van der Waals surface area contributed by atoms with Crippen LogP contribution >= 0.6 is 12.4 Å². The van der Waals surface area contributed by atoms with Gasteiger partial charge in [-0.1, -0.05) is 19.3 Å². The Labute approximate surface area is 138 Å². The smallest absolute Gasteiger partial charge is 0.253 e. The summed E-state index contributed by atoms with van der Waals surface area (Å²) in [6, 6.07) is 4.44. The second kappa shape index (κ2) is 7.70. The molecule has 0 aromatic heterocycles. The fourth-order valence-electron chi connectivity index (χ4n) is 3.07. The monoisotopic (exact) mass is 327 g/mol. The molecule has 1 saturated carbocycles. The summed E-state index contributed by atoms with van der Waals surface area (Å²) in [5, 5.41) is 12.5. The van der Waals surface area contributed by atoms with Gasteiger partial charge in [-0.3, -0.25) is 4.79 Å². The molecule has 4 N–H and O–H groups in total. The quantitative estimate of drug-likeness (QED) is 0.586. The Morgan fingerprint density at radius 3 is 2.55 bits per heavy atom. The molecular weight excluding hydrogens is 302 g/mol. The van der Waals surface area contributed by atoms with Crippen molar-refractivity contribution in [2.75, 3.05) is 26.4 Å². The number of nitrogens with one attached hydrogen (secondary N) is 1. The Morgan fingerprint density at radius 1 is 1.32 bits per heavy atom. The third-order valence-corrected chi connectivity index (χ3v) is 4.59. The van der Waals surface area contributed by atoms with E-state index in [-0.39, 0.29) is 29.6 Å². The number of nitrogens with zero attached hydrogens (tertiary/aromatic N) is 1. The lowest BCUT2D eigenvalue weighted by atomic mass is 9.80. The van der Waals surface area contributed by atoms with Gasteiger partial charge in [0.25, 0.3) is 5.91 Å². The van der Waals surface area contributed by atoms with E-state index in [1.54, 1.807) is 6.07 Å². The molecule has 5 nitrogen and oxygen atoms in total. The van der Waals surface area contributed by atoms with Crippen molar-refractivity contribution in [2.24, 2.45) is 0 Å². The van der Waals surface area contributed by atoms with Crippen LogP contribution in [-0.2, 0) is 0 Å². The van der Waals surface area contributed by atoms with Gasteiger partial charge in [0.15, 0.2) is 0 Å². The molecule has 1 aromatic carbocycles. The molecule has 0 aliphatic heterocycles. The number of benzene rings is 1. The zero-order valence-electron chi connectivity index (χ0n) is 13.3. The maximum absolute atomic E-state index is 12.3. The standard InChI is InChI=1S/C16H25N3O2.ClH/c1-19(2)16(8-4-3-5-9-16)11-18-15(21)13-10-12(20)6-7-14(13)17;/h6-7,10,20H,3-5,8-9,11,17H2,1-2H3,(H,18,21);1H. The number of nitrogen functional groups attached to an aromatic ring is 1. The molecule has 6 heteroatoms. The minimum atomic E-state index is -0.227. The molecule has 2 rings (SSSR count). The lowest BCUT2D eigenvalue weighted by Gasteiger charge is -2.43. The van der Waals surface area contributed by atoms with E-state index in [1.165, 1.54) is 31.4 Å². The Balaban J connectivity index is 0.00000242.